The van der Waals surface area contributed by atoms with Gasteiger partial charge in [-0.15, -0.1) is 0 Å². The van der Waals surface area contributed by atoms with E-state index < -0.39 is 41.4 Å². The van der Waals surface area contributed by atoms with E-state index in [1.165, 1.54) is 7.11 Å². The fourth-order valence-corrected chi connectivity index (χ4v) is 6.91. The lowest BCUT2D eigenvalue weighted by atomic mass is 9.86. The van der Waals surface area contributed by atoms with Crippen molar-refractivity contribution in [3.63, 3.8) is 0 Å². The fourth-order valence-electron chi connectivity index (χ4n) is 3.61. The maximum absolute atomic E-state index is 13.4. The number of rotatable bonds is 5. The van der Waals surface area contributed by atoms with Gasteiger partial charge in [0.1, 0.15) is 12.0 Å². The molecule has 1 aromatic carbocycles. The minimum Gasteiger partial charge on any atom is -0.469 e. The zero-order chi connectivity index (χ0) is 20.9. The molecule has 0 amide bonds. The molecule has 8 heteroatoms. The van der Waals surface area contributed by atoms with Crippen LogP contribution in [0.4, 0.5) is 0 Å². The molecule has 1 aromatic rings. The first-order valence-electron chi connectivity index (χ1n) is 9.60. The Morgan fingerprint density at radius 2 is 1.79 bits per heavy atom. The number of hydrogen-bond donors (Lipinski definition) is 0. The van der Waals surface area contributed by atoms with E-state index in [9.17, 15) is 13.2 Å². The number of ether oxygens (including phenoxy) is 2. The molecule has 1 saturated heterocycles. The van der Waals surface area contributed by atoms with Crippen molar-refractivity contribution in [3.05, 3.63) is 30.3 Å². The van der Waals surface area contributed by atoms with Gasteiger partial charge in [0.05, 0.1) is 29.5 Å². The van der Waals surface area contributed by atoms with Crippen LogP contribution >= 0.6 is 0 Å². The van der Waals surface area contributed by atoms with E-state index >= 15 is 0 Å². The molecule has 3 rings (SSSR count). The summed E-state index contributed by atoms with van der Waals surface area (Å²) >= 11 is 0. The Balaban J connectivity index is 2.01. The third kappa shape index (κ3) is 3.79. The van der Waals surface area contributed by atoms with Crippen molar-refractivity contribution in [3.8, 4) is 0 Å². The van der Waals surface area contributed by atoms with Crippen molar-refractivity contribution in [2.24, 2.45) is 5.92 Å². The van der Waals surface area contributed by atoms with E-state index in [0.29, 0.717) is 0 Å². The molecular weight excluding hydrogens is 396 g/mol. The smallest absolute Gasteiger partial charge is 0.312 e. The highest BCUT2D eigenvalue weighted by molar-refractivity contribution is 7.92. The molecule has 0 bridgehead atoms. The number of benzene rings is 1. The molecule has 0 spiro atoms. The second-order valence-corrected chi connectivity index (χ2v) is 16.1. The minimum absolute atomic E-state index is 0.0801. The van der Waals surface area contributed by atoms with Crippen LogP contribution in [-0.4, -0.2) is 53.4 Å². The van der Waals surface area contributed by atoms with Crippen LogP contribution in [0.25, 0.3) is 0 Å². The van der Waals surface area contributed by atoms with Gasteiger partial charge in [0.25, 0.3) is 0 Å². The molecule has 2 aliphatic rings. The Morgan fingerprint density at radius 3 is 2.32 bits per heavy atom. The van der Waals surface area contributed by atoms with Crippen LogP contribution < -0.4 is 0 Å². The molecule has 1 heterocycles. The number of epoxide rings is 1. The Labute approximate surface area is 168 Å². The second-order valence-electron chi connectivity index (χ2n) is 9.16. The summed E-state index contributed by atoms with van der Waals surface area (Å²) in [6, 6.07) is 8.26. The number of esters is 1. The van der Waals surface area contributed by atoms with Gasteiger partial charge >= 0.3 is 5.97 Å². The lowest BCUT2D eigenvalue weighted by Gasteiger charge is -2.43. The van der Waals surface area contributed by atoms with Crippen molar-refractivity contribution in [2.75, 3.05) is 7.11 Å². The molecule has 0 N–H and O–H groups in total. The first-order valence-corrected chi connectivity index (χ1v) is 14.1. The number of hydrogen-bond acceptors (Lipinski definition) is 6. The van der Waals surface area contributed by atoms with E-state index in [-0.39, 0.29) is 28.6 Å². The summed E-state index contributed by atoms with van der Waals surface area (Å²) in [5.41, 5.74) is 0. The van der Waals surface area contributed by atoms with Crippen LogP contribution in [0.3, 0.4) is 0 Å². The van der Waals surface area contributed by atoms with Crippen molar-refractivity contribution >= 4 is 24.1 Å². The molecule has 5 atom stereocenters. The number of sulfone groups is 1. The highest BCUT2D eigenvalue weighted by atomic mass is 32.2. The SMILES string of the molecule is COC(=O)[C@@H]1[C@H](O[Si](C)(C)C(C)(C)C)C2OC2C[C@H]1S(=O)(=O)c1ccccc1. The molecule has 1 saturated carbocycles. The monoisotopic (exact) mass is 426 g/mol. The maximum Gasteiger partial charge on any atom is 0.312 e. The van der Waals surface area contributed by atoms with Crippen LogP contribution in [0.5, 0.6) is 0 Å². The predicted molar refractivity (Wildman–Crippen MR) is 108 cm³/mol. The van der Waals surface area contributed by atoms with E-state index in [2.05, 4.69) is 33.9 Å². The van der Waals surface area contributed by atoms with Gasteiger partial charge < -0.3 is 13.9 Å². The molecule has 2 fully saturated rings. The van der Waals surface area contributed by atoms with Crippen LogP contribution in [0.15, 0.2) is 35.2 Å². The van der Waals surface area contributed by atoms with Crippen molar-refractivity contribution in [1.82, 2.24) is 0 Å². The Morgan fingerprint density at radius 1 is 1.18 bits per heavy atom. The first kappa shape index (κ1) is 21.5. The highest BCUT2D eigenvalue weighted by Crippen LogP contribution is 2.48. The van der Waals surface area contributed by atoms with Gasteiger partial charge in [0.2, 0.25) is 0 Å². The third-order valence-electron chi connectivity index (χ3n) is 6.35. The molecular formula is C20H30O6SSi. The normalized spacial score (nSPS) is 30.4. The Hall–Kier alpha value is -1.22. The van der Waals surface area contributed by atoms with Crippen molar-refractivity contribution in [2.45, 2.75) is 73.8 Å². The number of carbonyl (C=O) groups is 1. The largest absolute Gasteiger partial charge is 0.469 e. The molecule has 0 aromatic heterocycles. The molecule has 156 valence electrons. The second kappa shape index (κ2) is 7.23. The number of methoxy groups -OCH3 is 1. The molecule has 1 aliphatic carbocycles. The maximum atomic E-state index is 13.4. The molecule has 6 nitrogen and oxygen atoms in total. The van der Waals surface area contributed by atoms with Gasteiger partial charge in [0, 0.05) is 0 Å². The zero-order valence-electron chi connectivity index (χ0n) is 17.3. The Bertz CT molecular complexity index is 830. The summed E-state index contributed by atoms with van der Waals surface area (Å²) < 4.78 is 44.1. The van der Waals surface area contributed by atoms with Crippen LogP contribution in [0, 0.1) is 5.92 Å². The summed E-state index contributed by atoms with van der Waals surface area (Å²) in [7, 11) is -4.71. The third-order valence-corrected chi connectivity index (χ3v) is 13.0. The average molecular weight is 427 g/mol. The lowest BCUT2D eigenvalue weighted by molar-refractivity contribution is -0.150. The standard InChI is InChI=1S/C20H30O6SSi/c1-20(2,3)28(5,6)26-18-16(19(21)24-4)15(12-14-17(18)25-14)27(22,23)13-10-8-7-9-11-13/h7-11,14-18H,12H2,1-6H3/t14?,15-,16+,17?,18+/m1/s1. The number of carbonyl (C=O) groups excluding carboxylic acids is 1. The number of fused-ring (bicyclic) bond motifs is 1. The summed E-state index contributed by atoms with van der Waals surface area (Å²) in [4.78, 5) is 13.0. The predicted octanol–water partition coefficient (Wildman–Crippen LogP) is 3.18. The topological polar surface area (TPSA) is 82.2 Å². The summed E-state index contributed by atoms with van der Waals surface area (Å²) in [6.45, 7) is 10.5. The van der Waals surface area contributed by atoms with Gasteiger partial charge in [0.15, 0.2) is 18.2 Å². The van der Waals surface area contributed by atoms with E-state index in [4.69, 9.17) is 13.9 Å². The van der Waals surface area contributed by atoms with Crippen molar-refractivity contribution < 1.29 is 27.1 Å². The van der Waals surface area contributed by atoms with Gasteiger partial charge in [-0.2, -0.15) is 0 Å². The van der Waals surface area contributed by atoms with Gasteiger partial charge in [-0.05, 0) is 36.7 Å². The fraction of sp³-hybridized carbons (Fsp3) is 0.650. The minimum atomic E-state index is -3.74. The van der Waals surface area contributed by atoms with Gasteiger partial charge in [-0.1, -0.05) is 39.0 Å². The molecule has 1 aliphatic heterocycles. The van der Waals surface area contributed by atoms with Gasteiger partial charge in [-0.3, -0.25) is 4.79 Å². The lowest BCUT2D eigenvalue weighted by Crippen LogP contribution is -2.55. The Kier molecular flexibility index (Phi) is 5.55. The zero-order valence-corrected chi connectivity index (χ0v) is 19.2. The van der Waals surface area contributed by atoms with E-state index in [1.807, 2.05) is 0 Å². The highest BCUT2D eigenvalue weighted by Gasteiger charge is 2.63. The summed E-state index contributed by atoms with van der Waals surface area (Å²) in [5, 5.41) is -1.01. The first-order chi connectivity index (χ1) is 12.9. The quantitative estimate of drug-likeness (QED) is 0.409. The van der Waals surface area contributed by atoms with E-state index in [0.717, 1.165) is 0 Å². The van der Waals surface area contributed by atoms with Crippen LogP contribution in [0.2, 0.25) is 18.1 Å². The van der Waals surface area contributed by atoms with E-state index in [1.54, 1.807) is 30.3 Å². The van der Waals surface area contributed by atoms with Crippen molar-refractivity contribution in [1.29, 1.82) is 0 Å². The average Bonchev–Trinajstić information content (AvgIpc) is 3.40. The van der Waals surface area contributed by atoms with Gasteiger partial charge in [-0.25, -0.2) is 8.42 Å². The summed E-state index contributed by atoms with van der Waals surface area (Å²) in [5.74, 6) is -1.46. The summed E-state index contributed by atoms with van der Waals surface area (Å²) in [6.07, 6.45) is -0.783. The molecule has 0 radical (unpaired) electrons. The molecule has 2 unspecified atom stereocenters. The van der Waals surface area contributed by atoms with Crippen LogP contribution in [0.1, 0.15) is 27.2 Å². The molecule has 28 heavy (non-hydrogen) atoms. The van der Waals surface area contributed by atoms with Crippen LogP contribution in [-0.2, 0) is 28.5 Å².